The fraction of sp³-hybridized carbons (Fsp3) is 0.400. The second kappa shape index (κ2) is 6.39. The van der Waals surface area contributed by atoms with Crippen LogP contribution < -0.4 is 10.6 Å². The number of amides is 2. The number of pyridine rings is 1. The second-order valence-electron chi connectivity index (χ2n) is 5.08. The van der Waals surface area contributed by atoms with Crippen molar-refractivity contribution >= 4 is 17.5 Å². The molecule has 0 fully saturated rings. The number of nitrogens with one attached hydrogen (secondary N) is 2. The Labute approximate surface area is 123 Å². The minimum atomic E-state index is -0.587. The van der Waals surface area contributed by atoms with Crippen LogP contribution in [0, 0.1) is 6.92 Å². The van der Waals surface area contributed by atoms with Crippen molar-refractivity contribution in [1.29, 1.82) is 0 Å². The molecule has 0 aromatic carbocycles. The third-order valence-electron chi connectivity index (χ3n) is 3.14. The van der Waals surface area contributed by atoms with Gasteiger partial charge in [-0.3, -0.25) is 9.59 Å². The zero-order valence-corrected chi connectivity index (χ0v) is 12.5. The molecule has 112 valence electrons. The van der Waals surface area contributed by atoms with Crippen molar-refractivity contribution in [3.8, 4) is 0 Å². The molecule has 0 saturated heterocycles. The number of carbonyl (C=O) groups is 2. The first-order valence-corrected chi connectivity index (χ1v) is 7.05. The minimum Gasteiger partial charge on any atom is -0.354 e. The molecule has 2 heterocycles. The van der Waals surface area contributed by atoms with E-state index >= 15 is 0 Å². The SMILES string of the molecule is CCCNC(=O)C(C)NC(=O)c1cn2ccc(C)cc2n1. The molecule has 2 aromatic rings. The van der Waals surface area contributed by atoms with Gasteiger partial charge in [-0.15, -0.1) is 0 Å². The Morgan fingerprint density at radius 1 is 1.43 bits per heavy atom. The number of rotatable bonds is 5. The molecule has 2 N–H and O–H groups in total. The second-order valence-corrected chi connectivity index (χ2v) is 5.08. The van der Waals surface area contributed by atoms with Crippen LogP contribution in [-0.4, -0.2) is 33.8 Å². The summed E-state index contributed by atoms with van der Waals surface area (Å²) in [5, 5.41) is 5.40. The van der Waals surface area contributed by atoms with Gasteiger partial charge in [-0.2, -0.15) is 0 Å². The first-order valence-electron chi connectivity index (χ1n) is 7.05. The molecule has 2 aromatic heterocycles. The number of fused-ring (bicyclic) bond motifs is 1. The standard InChI is InChI=1S/C15H20N4O2/c1-4-6-16-14(20)11(3)17-15(21)12-9-19-7-5-10(2)8-13(19)18-12/h5,7-9,11H,4,6H2,1-3H3,(H,16,20)(H,17,21). The van der Waals surface area contributed by atoms with Gasteiger partial charge in [-0.05, 0) is 38.0 Å². The largest absolute Gasteiger partial charge is 0.354 e. The number of imidazole rings is 1. The Balaban J connectivity index is 2.06. The fourth-order valence-corrected chi connectivity index (χ4v) is 1.93. The van der Waals surface area contributed by atoms with Crippen molar-refractivity contribution in [3.63, 3.8) is 0 Å². The number of nitrogens with zero attached hydrogens (tertiary/aromatic N) is 2. The quantitative estimate of drug-likeness (QED) is 0.870. The van der Waals surface area contributed by atoms with Gasteiger partial charge >= 0.3 is 0 Å². The van der Waals surface area contributed by atoms with E-state index in [1.807, 2.05) is 32.2 Å². The van der Waals surface area contributed by atoms with Crippen LogP contribution in [0.15, 0.2) is 24.5 Å². The van der Waals surface area contributed by atoms with E-state index in [2.05, 4.69) is 15.6 Å². The maximum atomic E-state index is 12.1. The Hall–Kier alpha value is -2.37. The number of aromatic nitrogens is 2. The maximum Gasteiger partial charge on any atom is 0.272 e. The zero-order chi connectivity index (χ0) is 15.4. The molecule has 0 bridgehead atoms. The molecule has 1 atom stereocenters. The van der Waals surface area contributed by atoms with Crippen LogP contribution in [0.5, 0.6) is 0 Å². The number of carbonyl (C=O) groups excluding carboxylic acids is 2. The van der Waals surface area contributed by atoms with Crippen molar-refractivity contribution in [2.45, 2.75) is 33.2 Å². The van der Waals surface area contributed by atoms with Gasteiger partial charge < -0.3 is 15.0 Å². The molecule has 0 aliphatic rings. The molecular weight excluding hydrogens is 268 g/mol. The summed E-state index contributed by atoms with van der Waals surface area (Å²) < 4.78 is 1.78. The van der Waals surface area contributed by atoms with E-state index in [-0.39, 0.29) is 11.8 Å². The zero-order valence-electron chi connectivity index (χ0n) is 12.5. The van der Waals surface area contributed by atoms with Crippen LogP contribution in [0.3, 0.4) is 0 Å². The summed E-state index contributed by atoms with van der Waals surface area (Å²) in [6.45, 7) is 6.20. The predicted molar refractivity (Wildman–Crippen MR) is 80.2 cm³/mol. The van der Waals surface area contributed by atoms with Crippen LogP contribution >= 0.6 is 0 Å². The van der Waals surface area contributed by atoms with E-state index in [1.54, 1.807) is 17.5 Å². The molecule has 2 amide bonds. The number of hydrogen-bond donors (Lipinski definition) is 2. The average molecular weight is 288 g/mol. The van der Waals surface area contributed by atoms with Gasteiger partial charge in [-0.1, -0.05) is 6.92 Å². The van der Waals surface area contributed by atoms with Crippen LogP contribution in [-0.2, 0) is 4.79 Å². The summed E-state index contributed by atoms with van der Waals surface area (Å²) in [4.78, 5) is 28.1. The number of aryl methyl sites for hydroxylation is 1. The molecular formula is C15H20N4O2. The van der Waals surface area contributed by atoms with Gasteiger partial charge in [0.15, 0.2) is 0 Å². The summed E-state index contributed by atoms with van der Waals surface area (Å²) in [6, 6.07) is 3.25. The predicted octanol–water partition coefficient (Wildman–Crippen LogP) is 1.29. The van der Waals surface area contributed by atoms with E-state index in [0.29, 0.717) is 17.9 Å². The van der Waals surface area contributed by atoms with Gasteiger partial charge in [0.2, 0.25) is 5.91 Å². The van der Waals surface area contributed by atoms with E-state index in [0.717, 1.165) is 12.0 Å². The van der Waals surface area contributed by atoms with Crippen LogP contribution in [0.1, 0.15) is 36.3 Å². The maximum absolute atomic E-state index is 12.1. The molecule has 2 rings (SSSR count). The lowest BCUT2D eigenvalue weighted by Gasteiger charge is -2.12. The Kier molecular flexibility index (Phi) is 4.57. The van der Waals surface area contributed by atoms with Crippen LogP contribution in [0.25, 0.3) is 5.65 Å². The van der Waals surface area contributed by atoms with Gasteiger partial charge in [0, 0.05) is 18.9 Å². The fourth-order valence-electron chi connectivity index (χ4n) is 1.93. The third-order valence-corrected chi connectivity index (χ3v) is 3.14. The monoisotopic (exact) mass is 288 g/mol. The van der Waals surface area contributed by atoms with Crippen molar-refractivity contribution in [3.05, 3.63) is 35.8 Å². The highest BCUT2D eigenvalue weighted by atomic mass is 16.2. The molecule has 0 aliphatic carbocycles. The van der Waals surface area contributed by atoms with Crippen molar-refractivity contribution in [2.75, 3.05) is 6.54 Å². The molecule has 6 nitrogen and oxygen atoms in total. The number of hydrogen-bond acceptors (Lipinski definition) is 3. The molecule has 0 radical (unpaired) electrons. The van der Waals surface area contributed by atoms with Gasteiger partial charge in [-0.25, -0.2) is 4.98 Å². The molecule has 1 unspecified atom stereocenters. The van der Waals surface area contributed by atoms with Crippen molar-refractivity contribution in [1.82, 2.24) is 20.0 Å². The van der Waals surface area contributed by atoms with Gasteiger partial charge in [0.05, 0.1) is 0 Å². The highest BCUT2D eigenvalue weighted by Gasteiger charge is 2.18. The van der Waals surface area contributed by atoms with E-state index in [9.17, 15) is 9.59 Å². The summed E-state index contributed by atoms with van der Waals surface area (Å²) in [5.74, 6) is -0.541. The molecule has 21 heavy (non-hydrogen) atoms. The van der Waals surface area contributed by atoms with E-state index in [1.165, 1.54) is 0 Å². The average Bonchev–Trinajstić information content (AvgIpc) is 2.87. The third kappa shape index (κ3) is 3.59. The van der Waals surface area contributed by atoms with Crippen LogP contribution in [0.2, 0.25) is 0 Å². The first kappa shape index (κ1) is 15.0. The highest BCUT2D eigenvalue weighted by molar-refractivity contribution is 5.96. The lowest BCUT2D eigenvalue weighted by molar-refractivity contribution is -0.122. The Morgan fingerprint density at radius 2 is 2.19 bits per heavy atom. The smallest absolute Gasteiger partial charge is 0.272 e. The van der Waals surface area contributed by atoms with Gasteiger partial charge in [0.1, 0.15) is 17.4 Å². The Morgan fingerprint density at radius 3 is 2.90 bits per heavy atom. The lowest BCUT2D eigenvalue weighted by Crippen LogP contribution is -2.45. The topological polar surface area (TPSA) is 75.5 Å². The van der Waals surface area contributed by atoms with Gasteiger partial charge in [0.25, 0.3) is 5.91 Å². The molecule has 6 heteroatoms. The van der Waals surface area contributed by atoms with E-state index < -0.39 is 6.04 Å². The normalized spacial score (nSPS) is 12.1. The first-order chi connectivity index (χ1) is 10.0. The summed E-state index contributed by atoms with van der Waals surface area (Å²) in [6.07, 6.45) is 4.37. The van der Waals surface area contributed by atoms with Crippen molar-refractivity contribution in [2.24, 2.45) is 0 Å². The minimum absolute atomic E-state index is 0.190. The Bertz CT molecular complexity index is 663. The summed E-state index contributed by atoms with van der Waals surface area (Å²) in [5.41, 5.74) is 2.09. The molecule has 0 spiro atoms. The summed E-state index contributed by atoms with van der Waals surface area (Å²) in [7, 11) is 0. The lowest BCUT2D eigenvalue weighted by atomic mass is 10.3. The highest BCUT2D eigenvalue weighted by Crippen LogP contribution is 2.07. The molecule has 0 saturated carbocycles. The van der Waals surface area contributed by atoms with E-state index in [4.69, 9.17) is 0 Å². The van der Waals surface area contributed by atoms with Crippen molar-refractivity contribution < 1.29 is 9.59 Å². The molecule has 0 aliphatic heterocycles. The van der Waals surface area contributed by atoms with Crippen LogP contribution in [0.4, 0.5) is 0 Å². The summed E-state index contributed by atoms with van der Waals surface area (Å²) >= 11 is 0.